The lowest BCUT2D eigenvalue weighted by Gasteiger charge is -2.16. The highest BCUT2D eigenvalue weighted by Crippen LogP contribution is 2.28. The quantitative estimate of drug-likeness (QED) is 0.746. The summed E-state index contributed by atoms with van der Waals surface area (Å²) in [6, 6.07) is 2.93. The van der Waals surface area contributed by atoms with E-state index in [1.54, 1.807) is 13.8 Å². The van der Waals surface area contributed by atoms with Crippen molar-refractivity contribution in [2.24, 2.45) is 0 Å². The fraction of sp³-hybridized carbons (Fsp3) is 0.500. The largest absolute Gasteiger partial charge is 0.435 e. The molecule has 1 N–H and O–H groups in total. The van der Waals surface area contributed by atoms with Gasteiger partial charge in [-0.3, -0.25) is 4.68 Å². The summed E-state index contributed by atoms with van der Waals surface area (Å²) in [5.41, 5.74) is 2.62. The highest BCUT2D eigenvalue weighted by atomic mass is 32.2. The lowest BCUT2D eigenvalue weighted by molar-refractivity contribution is -0.141. The van der Waals surface area contributed by atoms with Crippen molar-refractivity contribution in [1.29, 1.82) is 0 Å². The molecule has 0 fully saturated rings. The molecule has 0 amide bonds. The van der Waals surface area contributed by atoms with E-state index in [1.807, 2.05) is 19.9 Å². The van der Waals surface area contributed by atoms with Crippen LogP contribution in [0.2, 0.25) is 0 Å². The van der Waals surface area contributed by atoms with Gasteiger partial charge < -0.3 is 0 Å². The Balaban J connectivity index is 2.07. The standard InChI is InChI=1S/C18H24F3N3O2S/c1-11-9-12(2)15(5)17(14(11)4)27(25,26)22-7-6-8-24-13(3)10-16(23-24)18(19,20)21/h9-10,22H,6-8H2,1-5H3. The summed E-state index contributed by atoms with van der Waals surface area (Å²) in [7, 11) is -3.71. The zero-order chi connectivity index (χ0) is 20.6. The summed E-state index contributed by atoms with van der Waals surface area (Å²) in [5.74, 6) is 0. The molecule has 5 nitrogen and oxygen atoms in total. The van der Waals surface area contributed by atoms with Crippen molar-refractivity contribution in [1.82, 2.24) is 14.5 Å². The normalized spacial score (nSPS) is 12.6. The zero-order valence-electron chi connectivity index (χ0n) is 16.0. The lowest BCUT2D eigenvalue weighted by atomic mass is 10.0. The van der Waals surface area contributed by atoms with Gasteiger partial charge in [-0.15, -0.1) is 0 Å². The van der Waals surface area contributed by atoms with Crippen LogP contribution in [-0.4, -0.2) is 24.7 Å². The first kappa shape index (κ1) is 21.4. The SMILES string of the molecule is Cc1cc(C)c(C)c(S(=O)(=O)NCCCn2nc(C(F)(F)F)cc2C)c1C. The highest BCUT2D eigenvalue weighted by Gasteiger charge is 2.34. The van der Waals surface area contributed by atoms with Gasteiger partial charge in [0.25, 0.3) is 0 Å². The number of nitrogens with zero attached hydrogens (tertiary/aromatic N) is 2. The molecule has 9 heteroatoms. The molecule has 0 atom stereocenters. The average Bonchev–Trinajstić information content (AvgIpc) is 2.91. The molecule has 0 radical (unpaired) electrons. The van der Waals surface area contributed by atoms with Gasteiger partial charge in [-0.25, -0.2) is 13.1 Å². The Hall–Kier alpha value is -1.87. The Kier molecular flexibility index (Phi) is 6.06. The zero-order valence-corrected chi connectivity index (χ0v) is 16.8. The molecular weight excluding hydrogens is 379 g/mol. The van der Waals surface area contributed by atoms with Crippen LogP contribution in [0.15, 0.2) is 17.0 Å². The summed E-state index contributed by atoms with van der Waals surface area (Å²) in [4.78, 5) is 0.273. The molecule has 0 saturated heterocycles. The second-order valence-corrected chi connectivity index (χ2v) is 8.44. The van der Waals surface area contributed by atoms with Crippen LogP contribution in [0.5, 0.6) is 0 Å². The van der Waals surface area contributed by atoms with Gasteiger partial charge in [-0.1, -0.05) is 6.07 Å². The maximum atomic E-state index is 12.7. The Morgan fingerprint density at radius 1 is 1.04 bits per heavy atom. The number of halogens is 3. The third-order valence-electron chi connectivity index (χ3n) is 4.68. The number of aromatic nitrogens is 2. The van der Waals surface area contributed by atoms with E-state index in [9.17, 15) is 21.6 Å². The summed E-state index contributed by atoms with van der Waals surface area (Å²) >= 11 is 0. The molecule has 0 aliphatic rings. The summed E-state index contributed by atoms with van der Waals surface area (Å²) < 4.78 is 67.3. The Labute approximate surface area is 157 Å². The minimum absolute atomic E-state index is 0.106. The van der Waals surface area contributed by atoms with Crippen molar-refractivity contribution in [2.45, 2.75) is 58.7 Å². The fourth-order valence-electron chi connectivity index (χ4n) is 2.97. The van der Waals surface area contributed by atoms with Crippen LogP contribution in [-0.2, 0) is 22.7 Å². The van der Waals surface area contributed by atoms with E-state index in [-0.39, 0.29) is 18.0 Å². The van der Waals surface area contributed by atoms with E-state index in [4.69, 9.17) is 0 Å². The van der Waals surface area contributed by atoms with Crippen LogP contribution >= 0.6 is 0 Å². The topological polar surface area (TPSA) is 64.0 Å². The number of aryl methyl sites for hydroxylation is 4. The van der Waals surface area contributed by atoms with E-state index in [1.165, 1.54) is 11.6 Å². The van der Waals surface area contributed by atoms with Crippen molar-refractivity contribution in [3.05, 3.63) is 45.8 Å². The first-order valence-corrected chi connectivity index (χ1v) is 10.0. The number of nitrogens with one attached hydrogen (secondary N) is 1. The van der Waals surface area contributed by atoms with Crippen LogP contribution in [0.25, 0.3) is 0 Å². The molecule has 1 aromatic heterocycles. The van der Waals surface area contributed by atoms with E-state index in [0.717, 1.165) is 17.2 Å². The number of sulfonamides is 1. The summed E-state index contributed by atoms with van der Waals surface area (Å²) in [6.07, 6.45) is -4.17. The van der Waals surface area contributed by atoms with Crippen LogP contribution in [0.3, 0.4) is 0 Å². The minimum Gasteiger partial charge on any atom is -0.269 e. The van der Waals surface area contributed by atoms with Gasteiger partial charge in [-0.2, -0.15) is 18.3 Å². The molecule has 0 aliphatic heterocycles. The van der Waals surface area contributed by atoms with Gasteiger partial charge in [0.05, 0.1) is 4.90 Å². The summed E-state index contributed by atoms with van der Waals surface area (Å²) in [6.45, 7) is 9.09. The van der Waals surface area contributed by atoms with Gasteiger partial charge in [0.1, 0.15) is 0 Å². The number of rotatable bonds is 6. The van der Waals surface area contributed by atoms with Crippen LogP contribution in [0, 0.1) is 34.6 Å². The second-order valence-electron chi connectivity index (χ2n) is 6.73. The van der Waals surface area contributed by atoms with Crippen molar-refractivity contribution in [3.8, 4) is 0 Å². The van der Waals surface area contributed by atoms with Crippen molar-refractivity contribution in [2.75, 3.05) is 6.54 Å². The lowest BCUT2D eigenvalue weighted by Crippen LogP contribution is -2.27. The number of alkyl halides is 3. The molecule has 27 heavy (non-hydrogen) atoms. The van der Waals surface area contributed by atoms with Crippen molar-refractivity contribution >= 4 is 10.0 Å². The maximum Gasteiger partial charge on any atom is 0.435 e. The van der Waals surface area contributed by atoms with Crippen LogP contribution in [0.1, 0.15) is 40.1 Å². The molecule has 0 aliphatic carbocycles. The van der Waals surface area contributed by atoms with Crippen molar-refractivity contribution < 1.29 is 21.6 Å². The minimum atomic E-state index is -4.49. The van der Waals surface area contributed by atoms with Gasteiger partial charge in [0.15, 0.2) is 5.69 Å². The second kappa shape index (κ2) is 7.63. The molecule has 0 saturated carbocycles. The molecular formula is C18H24F3N3O2S. The number of benzene rings is 1. The summed E-state index contributed by atoms with van der Waals surface area (Å²) in [5, 5.41) is 3.54. The number of hydrogen-bond donors (Lipinski definition) is 1. The molecule has 0 bridgehead atoms. The van der Waals surface area contributed by atoms with E-state index in [0.29, 0.717) is 23.2 Å². The smallest absolute Gasteiger partial charge is 0.269 e. The molecule has 1 aromatic carbocycles. The monoisotopic (exact) mass is 403 g/mol. The van der Waals surface area contributed by atoms with Gasteiger partial charge in [0, 0.05) is 18.8 Å². The van der Waals surface area contributed by atoms with Crippen LogP contribution in [0.4, 0.5) is 13.2 Å². The third kappa shape index (κ3) is 4.70. The molecule has 2 rings (SSSR count). The molecule has 2 aromatic rings. The van der Waals surface area contributed by atoms with Gasteiger partial charge in [-0.05, 0) is 69.4 Å². The van der Waals surface area contributed by atoms with Crippen molar-refractivity contribution in [3.63, 3.8) is 0 Å². The average molecular weight is 403 g/mol. The van der Waals surface area contributed by atoms with E-state index in [2.05, 4.69) is 9.82 Å². The fourth-order valence-corrected chi connectivity index (χ4v) is 4.65. The molecule has 0 unspecified atom stereocenters. The number of hydrogen-bond acceptors (Lipinski definition) is 3. The molecule has 150 valence electrons. The van der Waals surface area contributed by atoms with E-state index >= 15 is 0 Å². The van der Waals surface area contributed by atoms with E-state index < -0.39 is 21.9 Å². The molecule has 1 heterocycles. The molecule has 0 spiro atoms. The maximum absolute atomic E-state index is 12.7. The predicted molar refractivity (Wildman–Crippen MR) is 97.2 cm³/mol. The first-order valence-electron chi connectivity index (χ1n) is 8.53. The predicted octanol–water partition coefficient (Wildman–Crippen LogP) is 3.81. The third-order valence-corrected chi connectivity index (χ3v) is 6.41. The van der Waals surface area contributed by atoms with Crippen LogP contribution < -0.4 is 4.72 Å². The van der Waals surface area contributed by atoms with Gasteiger partial charge >= 0.3 is 6.18 Å². The highest BCUT2D eigenvalue weighted by molar-refractivity contribution is 7.89. The first-order chi connectivity index (χ1) is 12.3. The Morgan fingerprint density at radius 2 is 1.59 bits per heavy atom. The van der Waals surface area contributed by atoms with Gasteiger partial charge in [0.2, 0.25) is 10.0 Å². The Bertz CT molecular complexity index is 921. The Morgan fingerprint density at radius 3 is 2.07 bits per heavy atom.